The lowest BCUT2D eigenvalue weighted by molar-refractivity contribution is 0.130. The Balaban J connectivity index is 2.33. The Morgan fingerprint density at radius 3 is 2.40 bits per heavy atom. The average Bonchev–Trinajstić information content (AvgIpc) is 2.46. The molecule has 0 unspecified atom stereocenters. The molecule has 0 aliphatic carbocycles. The van der Waals surface area contributed by atoms with Crippen molar-refractivity contribution >= 4 is 10.0 Å². The largest absolute Gasteiger partial charge is 0.381 e. The fraction of sp³-hybridized carbons (Fsp3) is 0.571. The number of hydrogen-bond donors (Lipinski definition) is 2. The summed E-state index contributed by atoms with van der Waals surface area (Å²) in [7, 11) is -3.43. The maximum atomic E-state index is 12.0. The van der Waals surface area contributed by atoms with Gasteiger partial charge in [0, 0.05) is 26.3 Å². The second-order valence-electron chi connectivity index (χ2n) is 4.57. The number of sulfonamides is 1. The molecular weight excluding hydrogens is 276 g/mol. The third kappa shape index (κ3) is 6.00. The van der Waals surface area contributed by atoms with E-state index in [1.807, 2.05) is 0 Å². The van der Waals surface area contributed by atoms with E-state index >= 15 is 0 Å². The topological polar surface area (TPSA) is 81.4 Å². The number of rotatable bonds is 10. The van der Waals surface area contributed by atoms with Crippen molar-refractivity contribution in [1.82, 2.24) is 4.72 Å². The minimum atomic E-state index is -3.43. The van der Waals surface area contributed by atoms with Crippen molar-refractivity contribution in [1.29, 1.82) is 0 Å². The first-order valence-electron chi connectivity index (χ1n) is 6.96. The molecule has 0 heterocycles. The van der Waals surface area contributed by atoms with Crippen LogP contribution in [0.15, 0.2) is 29.2 Å². The van der Waals surface area contributed by atoms with Crippen LogP contribution in [0, 0.1) is 0 Å². The lowest BCUT2D eigenvalue weighted by Gasteiger charge is -2.07. The zero-order valence-corrected chi connectivity index (χ0v) is 12.8. The molecule has 0 fully saturated rings. The van der Waals surface area contributed by atoms with E-state index in [0.29, 0.717) is 26.1 Å². The molecule has 20 heavy (non-hydrogen) atoms. The molecular formula is C14H24N2O3S. The van der Waals surface area contributed by atoms with Gasteiger partial charge < -0.3 is 10.5 Å². The molecule has 0 amide bonds. The summed E-state index contributed by atoms with van der Waals surface area (Å²) >= 11 is 0. The minimum Gasteiger partial charge on any atom is -0.381 e. The number of unbranched alkanes of at least 4 members (excludes halogenated alkanes) is 1. The average molecular weight is 300 g/mol. The Hall–Kier alpha value is -0.950. The Morgan fingerprint density at radius 1 is 1.15 bits per heavy atom. The van der Waals surface area contributed by atoms with Gasteiger partial charge in [0.25, 0.3) is 0 Å². The highest BCUT2D eigenvalue weighted by atomic mass is 32.2. The summed E-state index contributed by atoms with van der Waals surface area (Å²) in [6, 6.07) is 6.59. The summed E-state index contributed by atoms with van der Waals surface area (Å²) in [6.45, 7) is 4.21. The van der Waals surface area contributed by atoms with Crippen LogP contribution in [-0.2, 0) is 21.3 Å². The molecule has 0 atom stereocenters. The van der Waals surface area contributed by atoms with Gasteiger partial charge in [-0.2, -0.15) is 0 Å². The van der Waals surface area contributed by atoms with Crippen molar-refractivity contribution in [3.8, 4) is 0 Å². The molecule has 3 N–H and O–H groups in total. The predicted octanol–water partition coefficient (Wildman–Crippen LogP) is 1.63. The monoisotopic (exact) mass is 300 g/mol. The predicted molar refractivity (Wildman–Crippen MR) is 79.9 cm³/mol. The van der Waals surface area contributed by atoms with Crippen molar-refractivity contribution < 1.29 is 13.2 Å². The van der Waals surface area contributed by atoms with Crippen molar-refractivity contribution in [2.24, 2.45) is 5.73 Å². The van der Waals surface area contributed by atoms with Crippen LogP contribution < -0.4 is 10.5 Å². The van der Waals surface area contributed by atoms with Crippen molar-refractivity contribution in [3.63, 3.8) is 0 Å². The second kappa shape index (κ2) is 9.07. The van der Waals surface area contributed by atoms with Crippen LogP contribution in [0.25, 0.3) is 0 Å². The smallest absolute Gasteiger partial charge is 0.240 e. The Kier molecular flexibility index (Phi) is 7.76. The summed E-state index contributed by atoms with van der Waals surface area (Å²) in [6.07, 6.45) is 2.81. The van der Waals surface area contributed by atoms with Gasteiger partial charge in [-0.15, -0.1) is 0 Å². The molecule has 0 bridgehead atoms. The van der Waals surface area contributed by atoms with Gasteiger partial charge in [0.2, 0.25) is 10.0 Å². The molecule has 0 aliphatic rings. The highest BCUT2D eigenvalue weighted by Crippen LogP contribution is 2.10. The van der Waals surface area contributed by atoms with Gasteiger partial charge in [-0.05, 0) is 30.5 Å². The zero-order chi connectivity index (χ0) is 14.8. The fourth-order valence-corrected chi connectivity index (χ4v) is 2.69. The molecule has 0 radical (unpaired) electrons. The van der Waals surface area contributed by atoms with Crippen LogP contribution in [0.1, 0.15) is 31.7 Å². The number of nitrogens with one attached hydrogen (secondary N) is 1. The van der Waals surface area contributed by atoms with Crippen molar-refractivity contribution in [2.75, 3.05) is 19.8 Å². The molecule has 0 spiro atoms. The van der Waals surface area contributed by atoms with E-state index in [4.69, 9.17) is 10.5 Å². The SMILES string of the molecule is CCCCOCCCNS(=O)(=O)c1ccc(CN)cc1. The number of benzene rings is 1. The first-order chi connectivity index (χ1) is 9.60. The molecule has 5 nitrogen and oxygen atoms in total. The fourth-order valence-electron chi connectivity index (χ4n) is 1.62. The number of hydrogen-bond acceptors (Lipinski definition) is 4. The van der Waals surface area contributed by atoms with Crippen LogP contribution in [0.4, 0.5) is 0 Å². The lowest BCUT2D eigenvalue weighted by Crippen LogP contribution is -2.25. The van der Waals surface area contributed by atoms with Crippen molar-refractivity contribution in [3.05, 3.63) is 29.8 Å². The highest BCUT2D eigenvalue weighted by Gasteiger charge is 2.12. The van der Waals surface area contributed by atoms with Crippen LogP contribution in [0.2, 0.25) is 0 Å². The summed E-state index contributed by atoms with van der Waals surface area (Å²) in [4.78, 5) is 0.265. The van der Waals surface area contributed by atoms with Crippen LogP contribution in [-0.4, -0.2) is 28.2 Å². The van der Waals surface area contributed by atoms with E-state index in [0.717, 1.165) is 25.0 Å². The molecule has 1 rings (SSSR count). The van der Waals surface area contributed by atoms with E-state index in [2.05, 4.69) is 11.6 Å². The van der Waals surface area contributed by atoms with Crippen LogP contribution >= 0.6 is 0 Å². The second-order valence-corrected chi connectivity index (χ2v) is 6.33. The Labute approximate surface area is 121 Å². The van der Waals surface area contributed by atoms with E-state index < -0.39 is 10.0 Å². The van der Waals surface area contributed by atoms with Gasteiger partial charge in [-0.25, -0.2) is 13.1 Å². The maximum Gasteiger partial charge on any atom is 0.240 e. The Bertz CT molecular complexity index is 472. The quantitative estimate of drug-likeness (QED) is 0.644. The molecule has 0 aromatic heterocycles. The van der Waals surface area contributed by atoms with Crippen LogP contribution in [0.3, 0.4) is 0 Å². The highest BCUT2D eigenvalue weighted by molar-refractivity contribution is 7.89. The van der Waals surface area contributed by atoms with E-state index in [9.17, 15) is 8.42 Å². The van der Waals surface area contributed by atoms with E-state index in [1.165, 1.54) is 0 Å². The van der Waals surface area contributed by atoms with Gasteiger partial charge in [0.1, 0.15) is 0 Å². The molecule has 114 valence electrons. The maximum absolute atomic E-state index is 12.0. The molecule has 6 heteroatoms. The number of nitrogens with two attached hydrogens (primary N) is 1. The van der Waals surface area contributed by atoms with Gasteiger partial charge >= 0.3 is 0 Å². The first-order valence-corrected chi connectivity index (χ1v) is 8.45. The van der Waals surface area contributed by atoms with E-state index in [-0.39, 0.29) is 4.90 Å². The normalized spacial score (nSPS) is 11.7. The summed E-state index contributed by atoms with van der Waals surface area (Å²) in [5.74, 6) is 0. The van der Waals surface area contributed by atoms with Gasteiger partial charge in [0.05, 0.1) is 4.90 Å². The van der Waals surface area contributed by atoms with Gasteiger partial charge in [0.15, 0.2) is 0 Å². The molecule has 1 aromatic rings. The third-order valence-corrected chi connectivity index (χ3v) is 4.35. The lowest BCUT2D eigenvalue weighted by atomic mass is 10.2. The standard InChI is InChI=1S/C14H24N2O3S/c1-2-3-10-19-11-4-9-16-20(17,18)14-7-5-13(12-15)6-8-14/h5-8,16H,2-4,9-12,15H2,1H3. The third-order valence-electron chi connectivity index (χ3n) is 2.87. The zero-order valence-electron chi connectivity index (χ0n) is 12.0. The minimum absolute atomic E-state index is 0.265. The number of ether oxygens (including phenoxy) is 1. The van der Waals surface area contributed by atoms with Crippen molar-refractivity contribution in [2.45, 2.75) is 37.6 Å². The summed E-state index contributed by atoms with van der Waals surface area (Å²) < 4.78 is 31.9. The summed E-state index contributed by atoms with van der Waals surface area (Å²) in [5.41, 5.74) is 6.39. The molecule has 0 saturated heterocycles. The molecule has 0 saturated carbocycles. The Morgan fingerprint density at radius 2 is 1.80 bits per heavy atom. The van der Waals surface area contributed by atoms with Gasteiger partial charge in [-0.3, -0.25) is 0 Å². The van der Waals surface area contributed by atoms with Gasteiger partial charge in [-0.1, -0.05) is 25.5 Å². The van der Waals surface area contributed by atoms with E-state index in [1.54, 1.807) is 24.3 Å². The first kappa shape index (κ1) is 17.1. The molecule has 1 aromatic carbocycles. The molecule has 0 aliphatic heterocycles. The summed E-state index contributed by atoms with van der Waals surface area (Å²) in [5, 5.41) is 0. The van der Waals surface area contributed by atoms with Crippen LogP contribution in [0.5, 0.6) is 0 Å².